The van der Waals surface area contributed by atoms with Crippen molar-refractivity contribution >= 4 is 28.5 Å². The van der Waals surface area contributed by atoms with Crippen molar-refractivity contribution in [3.8, 4) is 0 Å². The normalized spacial score (nSPS) is 22.9. The largest absolute Gasteiger partial charge is 0.354 e. The molecule has 5 N–H and O–H groups in total. The molecule has 2 fully saturated rings. The maximum Gasteiger partial charge on any atom is 0.276 e. The highest BCUT2D eigenvalue weighted by Crippen LogP contribution is 2.31. The van der Waals surface area contributed by atoms with Crippen molar-refractivity contribution in [2.24, 2.45) is 22.7 Å². The third-order valence-electron chi connectivity index (χ3n) is 3.92. The summed E-state index contributed by atoms with van der Waals surface area (Å²) in [5.74, 6) is 0.402. The number of rotatable bonds is 5. The Labute approximate surface area is 126 Å². The summed E-state index contributed by atoms with van der Waals surface area (Å²) in [4.78, 5) is 11.9. The Morgan fingerprint density at radius 1 is 1.25 bits per heavy atom. The average molecular weight is 327 g/mol. The number of amides is 1. The summed E-state index contributed by atoms with van der Waals surface area (Å²) in [6.07, 6.45) is 3.34. The lowest BCUT2D eigenvalue weighted by molar-refractivity contribution is -0.126. The Kier molecular flexibility index (Phi) is 6.21. The zero-order valence-corrected chi connectivity index (χ0v) is 13.0. The second-order valence-corrected chi connectivity index (χ2v) is 7.01. The first kappa shape index (κ1) is 17.6. The average Bonchev–Trinajstić information content (AvgIpc) is 3.19. The fourth-order valence-electron chi connectivity index (χ4n) is 2.43. The maximum atomic E-state index is 11.9. The van der Waals surface area contributed by atoms with Gasteiger partial charge in [-0.05, 0) is 31.6 Å². The Hall–Kier alpha value is -0.410. The number of hydrogen-bond acceptors (Lipinski definition) is 4. The summed E-state index contributed by atoms with van der Waals surface area (Å²) in [6, 6.07) is 0.0495. The number of nitrogens with zero attached hydrogens (tertiary/aromatic N) is 1. The molecule has 1 heterocycles. The molecule has 1 aliphatic carbocycles. The highest BCUT2D eigenvalue weighted by atomic mass is 35.5. The molecular weight excluding hydrogens is 304 g/mol. The van der Waals surface area contributed by atoms with Gasteiger partial charge in [0.25, 0.3) is 10.2 Å². The number of piperidine rings is 1. The molecule has 7 nitrogen and oxygen atoms in total. The molecule has 9 heteroatoms. The van der Waals surface area contributed by atoms with E-state index >= 15 is 0 Å². The molecule has 2 rings (SSSR count). The quantitative estimate of drug-likeness (QED) is 0.611. The lowest BCUT2D eigenvalue weighted by Crippen LogP contribution is -2.47. The van der Waals surface area contributed by atoms with Crippen molar-refractivity contribution in [3.63, 3.8) is 0 Å². The molecule has 1 saturated heterocycles. The van der Waals surface area contributed by atoms with Gasteiger partial charge in [-0.2, -0.15) is 12.7 Å². The third-order valence-corrected chi connectivity index (χ3v) is 5.01. The minimum Gasteiger partial charge on any atom is -0.354 e. The molecule has 1 atom stereocenters. The van der Waals surface area contributed by atoms with Crippen LogP contribution in [0.1, 0.15) is 25.7 Å². The second kappa shape index (κ2) is 7.04. The van der Waals surface area contributed by atoms with Crippen LogP contribution in [0.5, 0.6) is 0 Å². The monoisotopic (exact) mass is 326 g/mol. The minimum absolute atomic E-state index is 0. The molecule has 0 radical (unpaired) electrons. The second-order valence-electron chi connectivity index (χ2n) is 5.46. The van der Waals surface area contributed by atoms with Crippen molar-refractivity contribution in [1.29, 1.82) is 0 Å². The van der Waals surface area contributed by atoms with Gasteiger partial charge in [-0.1, -0.05) is 0 Å². The van der Waals surface area contributed by atoms with Crippen molar-refractivity contribution < 1.29 is 13.2 Å². The molecule has 118 valence electrons. The standard InChI is InChI=1S/C11H22N4O3S.ClH/c12-10(8-1-2-8)7-14-11(16)9-3-5-15(6-4-9)19(13,17)18;/h8-10H,1-7,12H2,(H,14,16)(H2,13,17,18);1H. The van der Waals surface area contributed by atoms with E-state index in [4.69, 9.17) is 10.9 Å². The fraction of sp³-hybridized carbons (Fsp3) is 0.909. The van der Waals surface area contributed by atoms with Gasteiger partial charge in [0, 0.05) is 31.6 Å². The number of carbonyl (C=O) groups is 1. The van der Waals surface area contributed by atoms with Crippen molar-refractivity contribution in [2.45, 2.75) is 31.7 Å². The SMILES string of the molecule is Cl.NC(CNC(=O)C1CCN(S(N)(=O)=O)CC1)C1CC1. The van der Waals surface area contributed by atoms with Crippen LogP contribution >= 0.6 is 12.4 Å². The van der Waals surface area contributed by atoms with Gasteiger partial charge >= 0.3 is 0 Å². The number of halogens is 1. The molecule has 0 bridgehead atoms. The Balaban J connectivity index is 0.00000200. The van der Waals surface area contributed by atoms with Gasteiger partial charge in [0.05, 0.1) is 0 Å². The number of hydrogen-bond donors (Lipinski definition) is 3. The molecule has 0 aromatic carbocycles. The van der Waals surface area contributed by atoms with Crippen LogP contribution in [0.25, 0.3) is 0 Å². The van der Waals surface area contributed by atoms with Crippen LogP contribution in [0, 0.1) is 11.8 Å². The Bertz CT molecular complexity index is 433. The van der Waals surface area contributed by atoms with Gasteiger partial charge in [-0.15, -0.1) is 12.4 Å². The van der Waals surface area contributed by atoms with Gasteiger partial charge < -0.3 is 11.1 Å². The lowest BCUT2D eigenvalue weighted by atomic mass is 9.97. The Morgan fingerprint density at radius 2 is 1.80 bits per heavy atom. The summed E-state index contributed by atoms with van der Waals surface area (Å²) in [5, 5.41) is 7.92. The van der Waals surface area contributed by atoms with Crippen molar-refractivity contribution in [1.82, 2.24) is 9.62 Å². The molecule has 0 aromatic heterocycles. The fourth-order valence-corrected chi connectivity index (χ4v) is 3.15. The maximum absolute atomic E-state index is 11.9. The van der Waals surface area contributed by atoms with Gasteiger partial charge in [0.2, 0.25) is 5.91 Å². The number of carbonyl (C=O) groups excluding carboxylic acids is 1. The molecule has 2 aliphatic rings. The highest BCUT2D eigenvalue weighted by Gasteiger charge is 2.31. The minimum atomic E-state index is -3.62. The highest BCUT2D eigenvalue weighted by molar-refractivity contribution is 7.86. The van der Waals surface area contributed by atoms with Crippen LogP contribution in [-0.2, 0) is 15.0 Å². The summed E-state index contributed by atoms with van der Waals surface area (Å²) < 4.78 is 23.5. The zero-order chi connectivity index (χ0) is 14.0. The molecule has 20 heavy (non-hydrogen) atoms. The van der Waals surface area contributed by atoms with Crippen LogP contribution in [0.2, 0.25) is 0 Å². The van der Waals surface area contributed by atoms with E-state index < -0.39 is 10.2 Å². The molecule has 1 amide bonds. The molecule has 1 saturated carbocycles. The molecule has 0 spiro atoms. The van der Waals surface area contributed by atoms with Gasteiger partial charge in [0.1, 0.15) is 0 Å². The zero-order valence-electron chi connectivity index (χ0n) is 11.3. The summed E-state index contributed by atoms with van der Waals surface area (Å²) in [7, 11) is -3.62. The van der Waals surface area contributed by atoms with Crippen LogP contribution in [0.4, 0.5) is 0 Å². The van der Waals surface area contributed by atoms with E-state index in [0.29, 0.717) is 38.4 Å². The van der Waals surface area contributed by atoms with Gasteiger partial charge in [-0.25, -0.2) is 5.14 Å². The molecule has 1 unspecified atom stereocenters. The van der Waals surface area contributed by atoms with Gasteiger partial charge in [0.15, 0.2) is 0 Å². The van der Waals surface area contributed by atoms with E-state index in [1.54, 1.807) is 0 Å². The van der Waals surface area contributed by atoms with Crippen LogP contribution in [0.3, 0.4) is 0 Å². The van der Waals surface area contributed by atoms with Crippen LogP contribution in [-0.4, -0.2) is 44.3 Å². The van der Waals surface area contributed by atoms with E-state index in [2.05, 4.69) is 5.32 Å². The third kappa shape index (κ3) is 4.85. The summed E-state index contributed by atoms with van der Waals surface area (Å²) in [5.41, 5.74) is 5.92. The predicted molar refractivity (Wildman–Crippen MR) is 78.4 cm³/mol. The van der Waals surface area contributed by atoms with Crippen molar-refractivity contribution in [3.05, 3.63) is 0 Å². The smallest absolute Gasteiger partial charge is 0.276 e. The first-order chi connectivity index (χ1) is 8.88. The van der Waals surface area contributed by atoms with E-state index in [1.807, 2.05) is 0 Å². The summed E-state index contributed by atoms with van der Waals surface area (Å²) in [6.45, 7) is 1.14. The topological polar surface area (TPSA) is 119 Å². The van der Waals surface area contributed by atoms with Crippen LogP contribution < -0.4 is 16.2 Å². The summed E-state index contributed by atoms with van der Waals surface area (Å²) >= 11 is 0. The van der Waals surface area contributed by atoms with E-state index in [1.165, 1.54) is 4.31 Å². The molecule has 0 aromatic rings. The Morgan fingerprint density at radius 3 is 2.25 bits per heavy atom. The molecule has 1 aliphatic heterocycles. The molecular formula is C11H23ClN4O3S. The van der Waals surface area contributed by atoms with E-state index in [0.717, 1.165) is 12.8 Å². The first-order valence-electron chi connectivity index (χ1n) is 6.69. The van der Waals surface area contributed by atoms with Crippen LogP contribution in [0.15, 0.2) is 0 Å². The first-order valence-corrected chi connectivity index (χ1v) is 8.19. The van der Waals surface area contributed by atoms with E-state index in [-0.39, 0.29) is 30.3 Å². The van der Waals surface area contributed by atoms with E-state index in [9.17, 15) is 13.2 Å². The predicted octanol–water partition coefficient (Wildman–Crippen LogP) is -0.823. The number of nitrogens with two attached hydrogens (primary N) is 2. The number of nitrogens with one attached hydrogen (secondary N) is 1. The van der Waals surface area contributed by atoms with Gasteiger partial charge in [-0.3, -0.25) is 4.79 Å². The lowest BCUT2D eigenvalue weighted by Gasteiger charge is -2.29. The van der Waals surface area contributed by atoms with Crippen molar-refractivity contribution in [2.75, 3.05) is 19.6 Å².